The van der Waals surface area contributed by atoms with E-state index in [9.17, 15) is 9.59 Å². The Morgan fingerprint density at radius 1 is 0.971 bits per heavy atom. The van der Waals surface area contributed by atoms with Crippen molar-refractivity contribution >= 4 is 11.8 Å². The van der Waals surface area contributed by atoms with Crippen molar-refractivity contribution in [3.8, 4) is 0 Å². The molecule has 7 nitrogen and oxygen atoms in total. The van der Waals surface area contributed by atoms with Gasteiger partial charge >= 0.3 is 0 Å². The van der Waals surface area contributed by atoms with E-state index >= 15 is 0 Å². The summed E-state index contributed by atoms with van der Waals surface area (Å²) < 4.78 is 0. The van der Waals surface area contributed by atoms with Gasteiger partial charge in [-0.05, 0) is 50.6 Å². The first-order valence-electron chi connectivity index (χ1n) is 12.5. The number of likely N-dealkylation sites (tertiary alicyclic amines) is 3. The summed E-state index contributed by atoms with van der Waals surface area (Å²) in [6.45, 7) is 11.9. The van der Waals surface area contributed by atoms with Crippen LogP contribution in [0.3, 0.4) is 0 Å². The third-order valence-electron chi connectivity index (χ3n) is 8.38. The van der Waals surface area contributed by atoms with Gasteiger partial charge in [-0.3, -0.25) is 9.59 Å². The van der Waals surface area contributed by atoms with Crippen molar-refractivity contribution in [2.75, 3.05) is 45.8 Å². The fourth-order valence-electron chi connectivity index (χ4n) is 6.39. The number of carbonyl (C=O) groups excluding carboxylic acids is 2. The predicted octanol–water partition coefficient (Wildman–Crippen LogP) is 2.68. The summed E-state index contributed by atoms with van der Waals surface area (Å²) in [5.74, 6) is 1.31. The molecule has 0 bridgehead atoms. The number of aryl methyl sites for hydroxylation is 2. The molecule has 180 valence electrons. The van der Waals surface area contributed by atoms with Crippen LogP contribution in [-0.2, 0) is 10.2 Å². The first-order chi connectivity index (χ1) is 16.4. The number of hydrogen-bond donors (Lipinski definition) is 0. The maximum Gasteiger partial charge on any atom is 0.257 e. The Morgan fingerprint density at radius 2 is 1.62 bits per heavy atom. The molecule has 5 rings (SSSR count). The summed E-state index contributed by atoms with van der Waals surface area (Å²) in [5.41, 5.74) is 3.58. The largest absolute Gasteiger partial charge is 0.342 e. The van der Waals surface area contributed by atoms with E-state index in [0.29, 0.717) is 17.4 Å². The summed E-state index contributed by atoms with van der Waals surface area (Å²) in [4.78, 5) is 40.3. The smallest absolute Gasteiger partial charge is 0.257 e. The molecule has 34 heavy (non-hydrogen) atoms. The lowest BCUT2D eigenvalue weighted by Crippen LogP contribution is -2.38. The van der Waals surface area contributed by atoms with Crippen LogP contribution in [0.4, 0.5) is 0 Å². The molecule has 2 aromatic rings. The Hall–Kier alpha value is -2.80. The summed E-state index contributed by atoms with van der Waals surface area (Å²) >= 11 is 0. The molecule has 0 radical (unpaired) electrons. The van der Waals surface area contributed by atoms with Gasteiger partial charge in [0, 0.05) is 51.6 Å². The third kappa shape index (κ3) is 4.22. The molecule has 3 aliphatic rings. The number of benzene rings is 1. The van der Waals surface area contributed by atoms with Crippen molar-refractivity contribution in [3.05, 3.63) is 59.2 Å². The maximum absolute atomic E-state index is 13.2. The number of aromatic nitrogens is 2. The van der Waals surface area contributed by atoms with Gasteiger partial charge in [0.2, 0.25) is 5.91 Å². The van der Waals surface area contributed by atoms with Crippen LogP contribution >= 0.6 is 0 Å². The van der Waals surface area contributed by atoms with Crippen molar-refractivity contribution in [1.82, 2.24) is 24.7 Å². The Balaban J connectivity index is 1.21. The molecule has 7 heteroatoms. The molecule has 2 amide bonds. The molecule has 4 heterocycles. The zero-order chi connectivity index (χ0) is 23.9. The lowest BCUT2D eigenvalue weighted by molar-refractivity contribution is -0.128. The quantitative estimate of drug-likeness (QED) is 0.685. The summed E-state index contributed by atoms with van der Waals surface area (Å²) in [5, 5.41) is 0. The molecule has 3 unspecified atom stereocenters. The van der Waals surface area contributed by atoms with Gasteiger partial charge in [-0.2, -0.15) is 0 Å². The van der Waals surface area contributed by atoms with Crippen LogP contribution in [0.15, 0.2) is 36.7 Å². The third-order valence-corrected chi connectivity index (χ3v) is 8.38. The molecule has 0 saturated carbocycles. The normalized spacial score (nSPS) is 26.8. The molecule has 0 aliphatic carbocycles. The molecule has 3 atom stereocenters. The van der Waals surface area contributed by atoms with Gasteiger partial charge < -0.3 is 14.7 Å². The SMILES string of the molecule is CC(=O)N1CCC(CCN2CC3CN(C(=O)c4c(C)ncnc4C)CC3C2)(c2ccccc2)C1. The Morgan fingerprint density at radius 3 is 2.21 bits per heavy atom. The summed E-state index contributed by atoms with van der Waals surface area (Å²) in [6.07, 6.45) is 3.61. The molecular formula is C27H35N5O2. The van der Waals surface area contributed by atoms with Gasteiger partial charge in [-0.1, -0.05) is 30.3 Å². The highest BCUT2D eigenvalue weighted by Gasteiger charge is 2.44. The lowest BCUT2D eigenvalue weighted by Gasteiger charge is -2.32. The second kappa shape index (κ2) is 9.10. The van der Waals surface area contributed by atoms with Crippen molar-refractivity contribution in [2.45, 2.75) is 39.0 Å². The number of carbonyl (C=O) groups is 2. The van der Waals surface area contributed by atoms with Crippen LogP contribution in [0.2, 0.25) is 0 Å². The van der Waals surface area contributed by atoms with Gasteiger partial charge in [0.25, 0.3) is 5.91 Å². The second-order valence-corrected chi connectivity index (χ2v) is 10.5. The zero-order valence-electron chi connectivity index (χ0n) is 20.5. The molecule has 3 aliphatic heterocycles. The van der Waals surface area contributed by atoms with Crippen molar-refractivity contribution in [1.29, 1.82) is 0 Å². The van der Waals surface area contributed by atoms with Crippen LogP contribution in [0.1, 0.15) is 47.1 Å². The molecule has 1 aromatic heterocycles. The van der Waals surface area contributed by atoms with E-state index in [0.717, 1.165) is 70.0 Å². The molecule has 0 spiro atoms. The van der Waals surface area contributed by atoms with Crippen LogP contribution < -0.4 is 0 Å². The topological polar surface area (TPSA) is 69.6 Å². The second-order valence-electron chi connectivity index (χ2n) is 10.5. The Bertz CT molecular complexity index is 1040. The van der Waals surface area contributed by atoms with Gasteiger partial charge in [-0.15, -0.1) is 0 Å². The Labute approximate surface area is 202 Å². The van der Waals surface area contributed by atoms with Gasteiger partial charge in [0.15, 0.2) is 0 Å². The standard InChI is InChI=1S/C27H35N5O2/c1-19-25(20(2)29-18-28-19)26(34)32-15-22-13-30(14-23(22)16-32)11-9-27(24-7-5-4-6-8-24)10-12-31(17-27)21(3)33/h4-8,18,22-23H,9-17H2,1-3H3. The minimum absolute atomic E-state index is 0.0367. The number of hydrogen-bond acceptors (Lipinski definition) is 5. The highest BCUT2D eigenvalue weighted by Crippen LogP contribution is 2.39. The Kier molecular flexibility index (Phi) is 6.15. The maximum atomic E-state index is 13.2. The number of nitrogens with zero attached hydrogens (tertiary/aromatic N) is 5. The molecular weight excluding hydrogens is 426 g/mol. The fourth-order valence-corrected chi connectivity index (χ4v) is 6.39. The van der Waals surface area contributed by atoms with Gasteiger partial charge in [-0.25, -0.2) is 9.97 Å². The van der Waals surface area contributed by atoms with E-state index in [2.05, 4.69) is 45.2 Å². The molecule has 0 N–H and O–H groups in total. The van der Waals surface area contributed by atoms with E-state index in [4.69, 9.17) is 0 Å². The van der Waals surface area contributed by atoms with Crippen molar-refractivity contribution in [2.24, 2.45) is 11.8 Å². The summed E-state index contributed by atoms with van der Waals surface area (Å²) in [7, 11) is 0. The first-order valence-corrected chi connectivity index (χ1v) is 12.5. The van der Waals surface area contributed by atoms with E-state index in [1.807, 2.05) is 23.6 Å². The first kappa shape index (κ1) is 23.0. The fraction of sp³-hybridized carbons (Fsp3) is 0.556. The minimum Gasteiger partial charge on any atom is -0.342 e. The summed E-state index contributed by atoms with van der Waals surface area (Å²) in [6, 6.07) is 10.7. The van der Waals surface area contributed by atoms with E-state index in [-0.39, 0.29) is 17.2 Å². The van der Waals surface area contributed by atoms with Crippen molar-refractivity contribution < 1.29 is 9.59 Å². The predicted molar refractivity (Wildman–Crippen MR) is 130 cm³/mol. The minimum atomic E-state index is 0.0367. The van der Waals surface area contributed by atoms with Gasteiger partial charge in [0.1, 0.15) is 6.33 Å². The van der Waals surface area contributed by atoms with Crippen LogP contribution in [0.25, 0.3) is 0 Å². The molecule has 1 aromatic carbocycles. The molecule has 3 saturated heterocycles. The lowest BCUT2D eigenvalue weighted by atomic mass is 9.76. The van der Waals surface area contributed by atoms with Crippen LogP contribution in [0, 0.1) is 25.7 Å². The average Bonchev–Trinajstić information content (AvgIpc) is 3.52. The number of rotatable bonds is 5. The highest BCUT2D eigenvalue weighted by molar-refractivity contribution is 5.96. The van der Waals surface area contributed by atoms with E-state index in [1.54, 1.807) is 6.92 Å². The van der Waals surface area contributed by atoms with Gasteiger partial charge in [0.05, 0.1) is 17.0 Å². The van der Waals surface area contributed by atoms with Crippen LogP contribution in [-0.4, -0.2) is 82.3 Å². The monoisotopic (exact) mass is 461 g/mol. The van der Waals surface area contributed by atoms with Crippen LogP contribution in [0.5, 0.6) is 0 Å². The molecule has 3 fully saturated rings. The van der Waals surface area contributed by atoms with E-state index < -0.39 is 0 Å². The van der Waals surface area contributed by atoms with Crippen molar-refractivity contribution in [3.63, 3.8) is 0 Å². The average molecular weight is 462 g/mol. The van der Waals surface area contributed by atoms with E-state index in [1.165, 1.54) is 11.9 Å². The zero-order valence-corrected chi connectivity index (χ0v) is 20.5. The number of fused-ring (bicyclic) bond motifs is 1. The highest BCUT2D eigenvalue weighted by atomic mass is 16.2. The number of amides is 2.